The maximum absolute atomic E-state index is 13.8. The van der Waals surface area contributed by atoms with E-state index in [0.29, 0.717) is 49.6 Å². The number of nitrogens with two attached hydrogens (primary N) is 1. The average Bonchev–Trinajstić information content (AvgIpc) is 3.43. The molecule has 4 atom stereocenters. The molecular formula is C34H46N6O6S. The van der Waals surface area contributed by atoms with Gasteiger partial charge in [-0.3, -0.25) is 19.2 Å². The molecule has 254 valence electrons. The van der Waals surface area contributed by atoms with Gasteiger partial charge in [-0.05, 0) is 70.3 Å². The van der Waals surface area contributed by atoms with Gasteiger partial charge in [0.05, 0.1) is 33.5 Å². The molecule has 0 radical (unpaired) electrons. The molecule has 2 heterocycles. The van der Waals surface area contributed by atoms with Crippen LogP contribution < -0.4 is 31.7 Å². The second kappa shape index (κ2) is 16.2. The molecule has 0 bridgehead atoms. The van der Waals surface area contributed by atoms with Gasteiger partial charge in [-0.25, -0.2) is 4.98 Å². The topological polar surface area (TPSA) is 185 Å². The lowest BCUT2D eigenvalue weighted by molar-refractivity contribution is -0.138. The van der Waals surface area contributed by atoms with Crippen molar-refractivity contribution in [2.45, 2.75) is 96.0 Å². The Morgan fingerprint density at radius 2 is 1.81 bits per heavy atom. The van der Waals surface area contributed by atoms with Gasteiger partial charge in [-0.15, -0.1) is 11.3 Å². The maximum atomic E-state index is 13.8. The zero-order valence-corrected chi connectivity index (χ0v) is 28.2. The van der Waals surface area contributed by atoms with E-state index in [-0.39, 0.29) is 24.8 Å². The molecule has 1 aliphatic rings. The summed E-state index contributed by atoms with van der Waals surface area (Å²) in [4.78, 5) is 58.1. The van der Waals surface area contributed by atoms with Crippen molar-refractivity contribution in [3.8, 4) is 5.75 Å². The predicted molar refractivity (Wildman–Crippen MR) is 181 cm³/mol. The number of aryl methyl sites for hydroxylation is 1. The number of ether oxygens (including phenoxy) is 1. The van der Waals surface area contributed by atoms with Crippen molar-refractivity contribution in [2.24, 2.45) is 5.73 Å². The number of nitrogens with one attached hydrogen (secondary N) is 4. The smallest absolute Gasteiger partial charge is 0.246 e. The largest absolute Gasteiger partial charge is 0.493 e. The quantitative estimate of drug-likeness (QED) is 0.134. The van der Waals surface area contributed by atoms with Crippen LogP contribution in [0.2, 0.25) is 0 Å². The van der Waals surface area contributed by atoms with Crippen LogP contribution in [0.4, 0.5) is 0 Å². The van der Waals surface area contributed by atoms with E-state index in [0.717, 1.165) is 21.3 Å². The summed E-state index contributed by atoms with van der Waals surface area (Å²) in [7, 11) is 0. The molecule has 13 heteroatoms. The van der Waals surface area contributed by atoms with Crippen LogP contribution in [0.15, 0.2) is 42.5 Å². The van der Waals surface area contributed by atoms with Gasteiger partial charge >= 0.3 is 0 Å². The zero-order valence-electron chi connectivity index (χ0n) is 27.4. The fourth-order valence-electron chi connectivity index (χ4n) is 5.43. The number of unbranched alkanes of at least 4 members (excludes halogenated alkanes) is 1. The van der Waals surface area contributed by atoms with Crippen molar-refractivity contribution >= 4 is 45.2 Å². The van der Waals surface area contributed by atoms with E-state index in [1.165, 1.54) is 25.2 Å². The van der Waals surface area contributed by atoms with E-state index < -0.39 is 41.4 Å². The molecule has 0 saturated carbocycles. The van der Waals surface area contributed by atoms with Gasteiger partial charge < -0.3 is 36.8 Å². The van der Waals surface area contributed by atoms with Crippen LogP contribution in [-0.4, -0.2) is 70.6 Å². The second-order valence-electron chi connectivity index (χ2n) is 12.4. The van der Waals surface area contributed by atoms with Gasteiger partial charge in [0.1, 0.15) is 23.9 Å². The van der Waals surface area contributed by atoms with Crippen LogP contribution >= 0.6 is 11.3 Å². The van der Waals surface area contributed by atoms with Crippen molar-refractivity contribution in [3.05, 3.63) is 58.6 Å². The molecule has 0 spiro atoms. The third kappa shape index (κ3) is 9.72. The van der Waals surface area contributed by atoms with Crippen molar-refractivity contribution in [1.29, 1.82) is 0 Å². The molecule has 4 rings (SSSR count). The van der Waals surface area contributed by atoms with Crippen molar-refractivity contribution in [2.75, 3.05) is 13.2 Å². The first-order chi connectivity index (χ1) is 22.4. The molecule has 0 aliphatic carbocycles. The summed E-state index contributed by atoms with van der Waals surface area (Å²) in [5.74, 6) is -1.44. The number of rotatable bonds is 15. The highest BCUT2D eigenvalue weighted by atomic mass is 32.1. The van der Waals surface area contributed by atoms with Gasteiger partial charge in [-0.2, -0.15) is 0 Å². The third-order valence-electron chi connectivity index (χ3n) is 8.05. The summed E-state index contributed by atoms with van der Waals surface area (Å²) in [6, 6.07) is 9.58. The second-order valence-corrected chi connectivity index (χ2v) is 13.5. The Labute approximate surface area is 279 Å². The molecule has 47 heavy (non-hydrogen) atoms. The summed E-state index contributed by atoms with van der Waals surface area (Å²) >= 11 is 1.42. The summed E-state index contributed by atoms with van der Waals surface area (Å²) in [5.41, 5.74) is 6.69. The van der Waals surface area contributed by atoms with E-state index in [1.807, 2.05) is 49.4 Å². The van der Waals surface area contributed by atoms with Crippen molar-refractivity contribution in [3.63, 3.8) is 0 Å². The molecule has 4 amide bonds. The minimum absolute atomic E-state index is 0.0901. The van der Waals surface area contributed by atoms with Gasteiger partial charge in [-0.1, -0.05) is 31.2 Å². The number of carbonyl (C=O) groups is 4. The number of carbonyl (C=O) groups excluding carboxylic acids is 4. The van der Waals surface area contributed by atoms with Gasteiger partial charge in [0.15, 0.2) is 0 Å². The number of hydrogen-bond donors (Lipinski definition) is 6. The molecular weight excluding hydrogens is 620 g/mol. The van der Waals surface area contributed by atoms with E-state index in [1.54, 1.807) is 6.92 Å². The molecule has 1 aromatic heterocycles. The molecule has 3 aromatic rings. The van der Waals surface area contributed by atoms with Crippen LogP contribution in [0.5, 0.6) is 5.75 Å². The first-order valence-electron chi connectivity index (χ1n) is 16.1. The van der Waals surface area contributed by atoms with E-state index in [4.69, 9.17) is 10.5 Å². The summed E-state index contributed by atoms with van der Waals surface area (Å²) < 4.78 is 6.68. The Hall–Kier alpha value is -4.07. The number of aliphatic hydroxyl groups is 1. The first kappa shape index (κ1) is 35.8. The zero-order chi connectivity index (χ0) is 34.1. The van der Waals surface area contributed by atoms with Crippen LogP contribution in [0, 0.1) is 6.92 Å². The molecule has 2 aromatic carbocycles. The lowest BCUT2D eigenvalue weighted by Gasteiger charge is -2.32. The minimum atomic E-state index is -1.72. The first-order valence-corrected chi connectivity index (χ1v) is 16.9. The standard InChI is InChI=1S/C34H46N6O6S/c1-5-28(41)36-25(19-29-37-23-14-13-20(2)18-27(23)47-29)32(43)40-30(34(3,4)45)33(44)39-24(11-8-9-16-35)31(42)38-22-15-17-46-26-12-7-6-10-21(22)26/h6-7,10,12-14,18,22,24-25,30,45H,5,8-9,11,15-17,19,35H2,1-4H3,(H,36,41)(H,38,42)(H,39,44)(H,40,43)/t22-,24+,25+,30-/m1/s1. The Kier molecular flexibility index (Phi) is 12.3. The monoisotopic (exact) mass is 666 g/mol. The van der Waals surface area contributed by atoms with Crippen LogP contribution in [0.25, 0.3) is 10.2 Å². The highest BCUT2D eigenvalue weighted by molar-refractivity contribution is 7.18. The number of hydrogen-bond acceptors (Lipinski definition) is 9. The normalized spacial score (nSPS) is 16.3. The average molecular weight is 667 g/mol. The van der Waals surface area contributed by atoms with E-state index in [2.05, 4.69) is 26.3 Å². The van der Waals surface area contributed by atoms with Crippen molar-refractivity contribution < 1.29 is 29.0 Å². The Morgan fingerprint density at radius 3 is 2.53 bits per heavy atom. The number of benzene rings is 2. The van der Waals surface area contributed by atoms with E-state index in [9.17, 15) is 24.3 Å². The van der Waals surface area contributed by atoms with Gasteiger partial charge in [0.2, 0.25) is 23.6 Å². The Morgan fingerprint density at radius 1 is 1.04 bits per heavy atom. The fourth-order valence-corrected chi connectivity index (χ4v) is 6.54. The molecule has 12 nitrogen and oxygen atoms in total. The van der Waals surface area contributed by atoms with Crippen LogP contribution in [-0.2, 0) is 25.6 Å². The summed E-state index contributed by atoms with van der Waals surface area (Å²) in [6.07, 6.45) is 2.33. The minimum Gasteiger partial charge on any atom is -0.493 e. The number of amides is 4. The predicted octanol–water partition coefficient (Wildman–Crippen LogP) is 2.55. The van der Waals surface area contributed by atoms with E-state index >= 15 is 0 Å². The van der Waals surface area contributed by atoms with Crippen LogP contribution in [0.1, 0.15) is 75.1 Å². The molecule has 0 saturated heterocycles. The fraction of sp³-hybridized carbons (Fsp3) is 0.500. The molecule has 1 aliphatic heterocycles. The van der Waals surface area contributed by atoms with Crippen LogP contribution in [0.3, 0.4) is 0 Å². The molecule has 0 fully saturated rings. The summed E-state index contributed by atoms with van der Waals surface area (Å²) in [6.45, 7) is 7.31. The highest BCUT2D eigenvalue weighted by Gasteiger charge is 2.39. The van der Waals surface area contributed by atoms with Gasteiger partial charge in [0.25, 0.3) is 0 Å². The SMILES string of the molecule is CCC(=O)N[C@@H](Cc1nc2ccc(C)cc2s1)C(=O)N[C@H](C(=O)N[C@@H](CCCCN)C(=O)N[C@@H]1CCOc2ccccc21)C(C)(C)O. The Balaban J connectivity index is 1.51. The molecule has 0 unspecified atom stereocenters. The number of aromatic nitrogens is 1. The lowest BCUT2D eigenvalue weighted by Crippen LogP contribution is -2.63. The number of thiazole rings is 1. The summed E-state index contributed by atoms with van der Waals surface area (Å²) in [5, 5.41) is 22.9. The third-order valence-corrected chi connectivity index (χ3v) is 9.09. The highest BCUT2D eigenvalue weighted by Crippen LogP contribution is 2.31. The lowest BCUT2D eigenvalue weighted by atomic mass is 9.96. The number of nitrogens with zero attached hydrogens (tertiary/aromatic N) is 1. The number of fused-ring (bicyclic) bond motifs is 2. The number of para-hydroxylation sites is 1. The maximum Gasteiger partial charge on any atom is 0.246 e. The Bertz CT molecular complexity index is 1570. The van der Waals surface area contributed by atoms with Gasteiger partial charge in [0, 0.05) is 24.8 Å². The molecule has 7 N–H and O–H groups in total. The van der Waals surface area contributed by atoms with Crippen molar-refractivity contribution in [1.82, 2.24) is 26.3 Å².